The largest absolute Gasteiger partial charge is 0.506 e. The topological polar surface area (TPSA) is 123 Å². The molecule has 0 bridgehead atoms. The molecule has 1 amide bonds. The van der Waals surface area contributed by atoms with Crippen LogP contribution >= 0.6 is 0 Å². The highest BCUT2D eigenvalue weighted by atomic mass is 16.3. The van der Waals surface area contributed by atoms with E-state index < -0.39 is 5.54 Å². The van der Waals surface area contributed by atoms with E-state index in [1.165, 1.54) is 12.2 Å². The number of carbonyl (C=O) groups is 1. The summed E-state index contributed by atoms with van der Waals surface area (Å²) in [5, 5.41) is 27.5. The molecule has 1 aliphatic rings. The summed E-state index contributed by atoms with van der Waals surface area (Å²) in [5.74, 6) is 0.448. The third kappa shape index (κ3) is 10.1. The Morgan fingerprint density at radius 1 is 1.14 bits per heavy atom. The van der Waals surface area contributed by atoms with Crippen molar-refractivity contribution in [2.75, 3.05) is 0 Å². The first kappa shape index (κ1) is 33.3. The van der Waals surface area contributed by atoms with E-state index in [4.69, 9.17) is 21.7 Å². The molecule has 0 saturated heterocycles. The Bertz CT molecular complexity index is 1100. The normalized spacial score (nSPS) is 15.2. The first-order valence-corrected chi connectivity index (χ1v) is 12.7. The van der Waals surface area contributed by atoms with Crippen LogP contribution in [0.2, 0.25) is 0 Å². The van der Waals surface area contributed by atoms with Crippen molar-refractivity contribution < 1.29 is 9.90 Å². The third-order valence-corrected chi connectivity index (χ3v) is 5.85. The summed E-state index contributed by atoms with van der Waals surface area (Å²) < 4.78 is 0. The zero-order valence-electron chi connectivity index (χ0n) is 24.0. The van der Waals surface area contributed by atoms with E-state index in [0.717, 1.165) is 16.7 Å². The summed E-state index contributed by atoms with van der Waals surface area (Å²) in [6.45, 7) is 21.9. The number of nitrogens with one attached hydrogen (secondary N) is 3. The molecule has 1 atom stereocenters. The maximum atomic E-state index is 12.7. The molecular formula is C31H46N4O2. The zero-order valence-corrected chi connectivity index (χ0v) is 24.0. The highest BCUT2D eigenvalue weighted by Crippen LogP contribution is 2.31. The van der Waals surface area contributed by atoms with Crippen molar-refractivity contribution in [2.45, 2.75) is 67.9 Å². The van der Waals surface area contributed by atoms with E-state index in [1.54, 1.807) is 19.1 Å². The van der Waals surface area contributed by atoms with E-state index in [9.17, 15) is 4.79 Å². The number of allylic oxidation sites excluding steroid dienone is 5. The first-order valence-electron chi connectivity index (χ1n) is 12.7. The fourth-order valence-electron chi connectivity index (χ4n) is 3.26. The fraction of sp³-hybridized carbons (Fsp3) is 0.387. The standard InChI is InChI=1S/C21H25N3O.C8H15NO.C2H6/c1-13(2)15-7-6-8-17(11-15)21(5,14(3)4)24-20(25)16-9-10-18(22)19(23)12-16;1-4-8(10)7(9)5-6(2)3;1-2/h6-12,14,22-23H,1H2,2-5H3,(H,24,25);4-6,10H,9H2,1-3H3;1-2H3/b;7-5+,8-4+;. The first-order chi connectivity index (χ1) is 17.2. The van der Waals surface area contributed by atoms with E-state index in [0.29, 0.717) is 17.2 Å². The molecule has 0 radical (unpaired) electrons. The molecule has 1 aromatic carbocycles. The minimum absolute atomic E-state index is 0.0446. The number of amides is 1. The fourth-order valence-corrected chi connectivity index (χ4v) is 3.26. The van der Waals surface area contributed by atoms with Gasteiger partial charge >= 0.3 is 0 Å². The minimum atomic E-state index is -0.565. The van der Waals surface area contributed by atoms with Crippen LogP contribution in [0.25, 0.3) is 5.57 Å². The van der Waals surface area contributed by atoms with Gasteiger partial charge in [0.15, 0.2) is 0 Å². The van der Waals surface area contributed by atoms with E-state index in [1.807, 2.05) is 65.8 Å². The summed E-state index contributed by atoms with van der Waals surface area (Å²) in [6, 6.07) is 8.05. The summed E-state index contributed by atoms with van der Waals surface area (Å²) in [7, 11) is 0. The van der Waals surface area contributed by atoms with Crippen LogP contribution in [0.4, 0.5) is 0 Å². The van der Waals surface area contributed by atoms with Crippen LogP contribution in [0, 0.1) is 22.7 Å². The minimum Gasteiger partial charge on any atom is -0.506 e. The van der Waals surface area contributed by atoms with Crippen molar-refractivity contribution in [2.24, 2.45) is 17.6 Å². The molecule has 1 unspecified atom stereocenters. The number of nitrogens with two attached hydrogens (primary N) is 1. The lowest BCUT2D eigenvalue weighted by molar-refractivity contribution is -0.119. The van der Waals surface area contributed by atoms with Gasteiger partial charge in [-0.05, 0) is 74.1 Å². The summed E-state index contributed by atoms with van der Waals surface area (Å²) in [5.41, 5.74) is 8.94. The van der Waals surface area contributed by atoms with Gasteiger partial charge in [0.1, 0.15) is 5.76 Å². The molecule has 6 N–H and O–H groups in total. The molecule has 37 heavy (non-hydrogen) atoms. The molecule has 0 fully saturated rings. The monoisotopic (exact) mass is 506 g/mol. The van der Waals surface area contributed by atoms with Gasteiger partial charge in [-0.3, -0.25) is 15.6 Å². The summed E-state index contributed by atoms with van der Waals surface area (Å²) in [6.07, 6.45) is 7.89. The van der Waals surface area contributed by atoms with Crippen LogP contribution in [-0.2, 0) is 10.3 Å². The molecule has 0 spiro atoms. The quantitative estimate of drug-likeness (QED) is 0.152. The highest BCUT2D eigenvalue weighted by Gasteiger charge is 2.33. The van der Waals surface area contributed by atoms with Crippen LogP contribution in [0.15, 0.2) is 78.3 Å². The van der Waals surface area contributed by atoms with Crippen LogP contribution in [0.1, 0.15) is 73.4 Å². The van der Waals surface area contributed by atoms with Gasteiger partial charge in [0.05, 0.1) is 22.7 Å². The Hall–Kier alpha value is -3.67. The molecule has 0 aliphatic heterocycles. The second-order valence-electron chi connectivity index (χ2n) is 9.47. The van der Waals surface area contributed by atoms with E-state index in [-0.39, 0.29) is 29.0 Å². The van der Waals surface area contributed by atoms with Crippen LogP contribution in [-0.4, -0.2) is 22.4 Å². The van der Waals surface area contributed by atoms with Crippen molar-refractivity contribution in [3.8, 4) is 0 Å². The second kappa shape index (κ2) is 15.4. The Kier molecular flexibility index (Phi) is 13.9. The van der Waals surface area contributed by atoms with E-state index >= 15 is 0 Å². The molecule has 202 valence electrons. The number of benzene rings is 1. The Morgan fingerprint density at radius 3 is 2.19 bits per heavy atom. The third-order valence-electron chi connectivity index (χ3n) is 5.85. The number of hydrogen-bond donors (Lipinski definition) is 5. The van der Waals surface area contributed by atoms with Gasteiger partial charge in [0.25, 0.3) is 5.91 Å². The Morgan fingerprint density at radius 2 is 1.73 bits per heavy atom. The molecule has 0 saturated carbocycles. The van der Waals surface area contributed by atoms with Crippen molar-refractivity contribution in [1.29, 1.82) is 10.8 Å². The molecule has 2 rings (SSSR count). The molecule has 1 aliphatic carbocycles. The lowest BCUT2D eigenvalue weighted by atomic mass is 9.80. The van der Waals surface area contributed by atoms with Gasteiger partial charge in [0, 0.05) is 5.57 Å². The van der Waals surface area contributed by atoms with Crippen LogP contribution in [0.5, 0.6) is 0 Å². The zero-order chi connectivity index (χ0) is 28.9. The van der Waals surface area contributed by atoms with Crippen molar-refractivity contribution >= 4 is 22.9 Å². The molecule has 6 nitrogen and oxygen atoms in total. The Labute approximate surface area is 223 Å². The van der Waals surface area contributed by atoms with Crippen LogP contribution in [0.3, 0.4) is 0 Å². The average Bonchev–Trinajstić information content (AvgIpc) is 2.86. The maximum absolute atomic E-state index is 12.7. The number of aliphatic hydroxyl groups excluding tert-OH is 1. The number of aliphatic hydroxyl groups is 1. The Balaban J connectivity index is 0.000000910. The summed E-state index contributed by atoms with van der Waals surface area (Å²) >= 11 is 0. The molecule has 1 aromatic rings. The van der Waals surface area contributed by atoms with E-state index in [2.05, 4.69) is 31.8 Å². The molecular weight excluding hydrogens is 460 g/mol. The van der Waals surface area contributed by atoms with Gasteiger partial charge in [-0.25, -0.2) is 0 Å². The lowest BCUT2D eigenvalue weighted by Gasteiger charge is -2.36. The van der Waals surface area contributed by atoms with Crippen molar-refractivity contribution in [1.82, 2.24) is 5.32 Å². The molecule has 0 heterocycles. The average molecular weight is 507 g/mol. The predicted molar refractivity (Wildman–Crippen MR) is 159 cm³/mol. The van der Waals surface area contributed by atoms with Crippen LogP contribution < -0.4 is 11.1 Å². The number of carbonyl (C=O) groups excluding carboxylic acids is 1. The maximum Gasteiger partial charge on any atom is 0.252 e. The smallest absolute Gasteiger partial charge is 0.252 e. The summed E-state index contributed by atoms with van der Waals surface area (Å²) in [4.78, 5) is 12.7. The predicted octanol–water partition coefficient (Wildman–Crippen LogP) is 7.22. The molecule has 6 heteroatoms. The van der Waals surface area contributed by atoms with Gasteiger partial charge in [0.2, 0.25) is 0 Å². The second-order valence-corrected chi connectivity index (χ2v) is 9.47. The molecule has 0 aromatic heterocycles. The highest BCUT2D eigenvalue weighted by molar-refractivity contribution is 6.49. The van der Waals surface area contributed by atoms with Crippen molar-refractivity contribution in [3.05, 3.63) is 89.4 Å². The van der Waals surface area contributed by atoms with Crippen molar-refractivity contribution in [3.63, 3.8) is 0 Å². The lowest BCUT2D eigenvalue weighted by Crippen LogP contribution is -2.48. The number of hydrogen-bond acceptors (Lipinski definition) is 5. The van der Waals surface area contributed by atoms with Gasteiger partial charge in [-0.15, -0.1) is 0 Å². The SMILES string of the molecule is C/C=C(O)\C(N)=C/C(C)C.C=C(C)c1cccc(C(C)(NC(=O)C2=CC(=N)C(=N)C=C2)C(C)C)c1.CC. The van der Waals surface area contributed by atoms with Gasteiger partial charge < -0.3 is 16.2 Å². The van der Waals surface area contributed by atoms with Gasteiger partial charge in [-0.2, -0.15) is 0 Å². The number of rotatable bonds is 7. The van der Waals surface area contributed by atoms with Gasteiger partial charge in [-0.1, -0.05) is 78.0 Å².